The molecule has 2 rings (SSSR count). The van der Waals surface area contributed by atoms with Crippen LogP contribution in [0.4, 0.5) is 5.82 Å². The van der Waals surface area contributed by atoms with Gasteiger partial charge in [0, 0.05) is 52.4 Å². The molecule has 0 aromatic carbocycles. The molecule has 1 aromatic rings. The van der Waals surface area contributed by atoms with E-state index in [1.54, 1.807) is 11.8 Å². The maximum absolute atomic E-state index is 5.99. The predicted molar refractivity (Wildman–Crippen MR) is 70.3 cm³/mol. The molecule has 6 heteroatoms. The van der Waals surface area contributed by atoms with Crippen molar-refractivity contribution in [3.05, 3.63) is 11.3 Å². The summed E-state index contributed by atoms with van der Waals surface area (Å²) in [6.07, 6.45) is 2.08. The fourth-order valence-electron chi connectivity index (χ4n) is 2.20. The topological polar surface area (TPSA) is 56.3 Å². The average molecular weight is 261 g/mol. The lowest BCUT2D eigenvalue weighted by Gasteiger charge is -2.26. The largest absolute Gasteiger partial charge is 0.385 e. The molecule has 1 aliphatic heterocycles. The maximum atomic E-state index is 5.99. The van der Waals surface area contributed by atoms with Crippen LogP contribution in [0.15, 0.2) is 0 Å². The molecule has 0 spiro atoms. The molecule has 1 aliphatic rings. The van der Waals surface area contributed by atoms with Crippen LogP contribution in [-0.2, 0) is 24.8 Å². The molecule has 1 aromatic heterocycles. The van der Waals surface area contributed by atoms with Gasteiger partial charge in [0.15, 0.2) is 0 Å². The Morgan fingerprint density at radius 2 is 2.24 bits per heavy atom. The number of nitrogen functional groups attached to an aromatic ring is 1. The van der Waals surface area contributed by atoms with Crippen molar-refractivity contribution in [3.63, 3.8) is 0 Å². The highest BCUT2D eigenvalue weighted by atomic mass is 35.5. The summed E-state index contributed by atoms with van der Waals surface area (Å²) < 4.78 is 6.84. The minimum Gasteiger partial charge on any atom is -0.385 e. The van der Waals surface area contributed by atoms with E-state index in [2.05, 4.69) is 10.00 Å². The van der Waals surface area contributed by atoms with Crippen molar-refractivity contribution in [3.8, 4) is 0 Å². The summed E-state index contributed by atoms with van der Waals surface area (Å²) in [5.41, 5.74) is 8.37. The highest BCUT2D eigenvalue weighted by Gasteiger charge is 2.21. The third kappa shape index (κ3) is 3.12. The van der Waals surface area contributed by atoms with Crippen LogP contribution in [0.3, 0.4) is 0 Å². The Morgan fingerprint density at radius 1 is 1.47 bits per heavy atom. The lowest BCUT2D eigenvalue weighted by Crippen LogP contribution is -2.31. The monoisotopic (exact) mass is 260 g/mol. The van der Waals surface area contributed by atoms with Crippen LogP contribution in [0.25, 0.3) is 0 Å². The van der Waals surface area contributed by atoms with E-state index in [0.717, 1.165) is 44.9 Å². The Labute approximate surface area is 108 Å². The summed E-state index contributed by atoms with van der Waals surface area (Å²) in [5, 5.41) is 4.42. The summed E-state index contributed by atoms with van der Waals surface area (Å²) in [4.78, 5) is 2.42. The maximum Gasteiger partial charge on any atom is 0.126 e. The predicted octanol–water partition coefficient (Wildman–Crippen LogP) is 0.819. The number of anilines is 1. The Bertz CT molecular complexity index is 367. The van der Waals surface area contributed by atoms with Gasteiger partial charge < -0.3 is 10.5 Å². The number of halogens is 1. The molecule has 0 unspecified atom stereocenters. The van der Waals surface area contributed by atoms with Gasteiger partial charge in [0.1, 0.15) is 5.82 Å². The van der Waals surface area contributed by atoms with E-state index in [1.165, 1.54) is 11.3 Å². The van der Waals surface area contributed by atoms with Gasteiger partial charge in [-0.25, -0.2) is 0 Å². The van der Waals surface area contributed by atoms with E-state index in [-0.39, 0.29) is 12.4 Å². The molecule has 0 saturated carbocycles. The number of ether oxygens (including phenoxy) is 1. The molecule has 0 radical (unpaired) electrons. The first-order valence-electron chi connectivity index (χ1n) is 5.74. The zero-order valence-electron chi connectivity index (χ0n) is 10.5. The van der Waals surface area contributed by atoms with Crippen molar-refractivity contribution in [2.45, 2.75) is 19.4 Å². The quantitative estimate of drug-likeness (QED) is 0.815. The van der Waals surface area contributed by atoms with Crippen molar-refractivity contribution in [1.82, 2.24) is 14.7 Å². The Hall–Kier alpha value is -0.780. The standard InChI is InChI=1S/C11H20N4O.ClH/c1-14-11(12)9-8-15(5-3-7-16-2)6-4-10(9)13-14;/h3-8,12H2,1-2H3;1H. The van der Waals surface area contributed by atoms with E-state index >= 15 is 0 Å². The first-order valence-corrected chi connectivity index (χ1v) is 5.74. The minimum atomic E-state index is 0. The molecule has 0 amide bonds. The molecule has 0 bridgehead atoms. The van der Waals surface area contributed by atoms with Gasteiger partial charge in [0.05, 0.1) is 5.69 Å². The van der Waals surface area contributed by atoms with Gasteiger partial charge in [-0.3, -0.25) is 9.58 Å². The second-order valence-electron chi connectivity index (χ2n) is 4.31. The van der Waals surface area contributed by atoms with Crippen molar-refractivity contribution in [2.24, 2.45) is 7.05 Å². The van der Waals surface area contributed by atoms with Crippen molar-refractivity contribution < 1.29 is 4.74 Å². The van der Waals surface area contributed by atoms with Crippen molar-refractivity contribution >= 4 is 18.2 Å². The van der Waals surface area contributed by atoms with E-state index in [9.17, 15) is 0 Å². The normalized spacial score (nSPS) is 15.4. The summed E-state index contributed by atoms with van der Waals surface area (Å²) >= 11 is 0. The molecule has 5 nitrogen and oxygen atoms in total. The molecule has 98 valence electrons. The molecule has 0 atom stereocenters. The molecular weight excluding hydrogens is 240 g/mol. The lowest BCUT2D eigenvalue weighted by atomic mass is 10.1. The van der Waals surface area contributed by atoms with Crippen LogP contribution in [0.1, 0.15) is 17.7 Å². The molecule has 2 heterocycles. The molecule has 0 fully saturated rings. The highest BCUT2D eigenvalue weighted by molar-refractivity contribution is 5.85. The minimum absolute atomic E-state index is 0. The summed E-state index contributed by atoms with van der Waals surface area (Å²) in [6, 6.07) is 0. The van der Waals surface area contributed by atoms with E-state index in [0.29, 0.717) is 0 Å². The van der Waals surface area contributed by atoms with Gasteiger partial charge in [-0.15, -0.1) is 12.4 Å². The second kappa shape index (κ2) is 6.23. The van der Waals surface area contributed by atoms with Crippen LogP contribution in [0.2, 0.25) is 0 Å². The first kappa shape index (κ1) is 14.3. The lowest BCUT2D eigenvalue weighted by molar-refractivity contribution is 0.167. The Morgan fingerprint density at radius 3 is 2.94 bits per heavy atom. The van der Waals surface area contributed by atoms with Crippen LogP contribution in [0.5, 0.6) is 0 Å². The molecule has 0 saturated heterocycles. The van der Waals surface area contributed by atoms with E-state index in [1.807, 2.05) is 7.05 Å². The molecule has 0 aliphatic carbocycles. The molecule has 2 N–H and O–H groups in total. The third-order valence-electron chi connectivity index (χ3n) is 3.15. The van der Waals surface area contributed by atoms with Gasteiger partial charge in [-0.1, -0.05) is 0 Å². The van der Waals surface area contributed by atoms with Crippen LogP contribution < -0.4 is 5.73 Å². The fraction of sp³-hybridized carbons (Fsp3) is 0.727. The zero-order chi connectivity index (χ0) is 11.5. The number of nitrogens with zero attached hydrogens (tertiary/aromatic N) is 3. The first-order chi connectivity index (χ1) is 7.72. The number of fused-ring (bicyclic) bond motifs is 1. The van der Waals surface area contributed by atoms with Crippen LogP contribution in [-0.4, -0.2) is 41.5 Å². The second-order valence-corrected chi connectivity index (χ2v) is 4.31. The Kier molecular flexibility index (Phi) is 5.24. The van der Waals surface area contributed by atoms with Crippen LogP contribution in [0, 0.1) is 0 Å². The third-order valence-corrected chi connectivity index (χ3v) is 3.15. The van der Waals surface area contributed by atoms with E-state index in [4.69, 9.17) is 10.5 Å². The number of methoxy groups -OCH3 is 1. The fourth-order valence-corrected chi connectivity index (χ4v) is 2.20. The van der Waals surface area contributed by atoms with Crippen molar-refractivity contribution in [1.29, 1.82) is 0 Å². The van der Waals surface area contributed by atoms with Crippen LogP contribution >= 0.6 is 12.4 Å². The van der Waals surface area contributed by atoms with E-state index < -0.39 is 0 Å². The number of aromatic nitrogens is 2. The summed E-state index contributed by atoms with van der Waals surface area (Å²) in [5.74, 6) is 0.812. The van der Waals surface area contributed by atoms with Gasteiger partial charge in [0.2, 0.25) is 0 Å². The summed E-state index contributed by atoms with van der Waals surface area (Å²) in [7, 11) is 3.65. The average Bonchev–Trinajstić information content (AvgIpc) is 2.56. The number of rotatable bonds is 4. The number of hydrogen-bond acceptors (Lipinski definition) is 4. The van der Waals surface area contributed by atoms with Gasteiger partial charge >= 0.3 is 0 Å². The highest BCUT2D eigenvalue weighted by Crippen LogP contribution is 2.23. The number of hydrogen-bond donors (Lipinski definition) is 1. The number of aryl methyl sites for hydroxylation is 1. The Balaban J connectivity index is 0.00000144. The number of nitrogens with two attached hydrogens (primary N) is 1. The summed E-state index contributed by atoms with van der Waals surface area (Å²) in [6.45, 7) is 3.90. The van der Waals surface area contributed by atoms with Gasteiger partial charge in [0.25, 0.3) is 0 Å². The van der Waals surface area contributed by atoms with Gasteiger partial charge in [-0.05, 0) is 6.42 Å². The van der Waals surface area contributed by atoms with Crippen molar-refractivity contribution in [2.75, 3.05) is 32.5 Å². The molecule has 17 heavy (non-hydrogen) atoms. The zero-order valence-corrected chi connectivity index (χ0v) is 11.3. The molecular formula is C11H21ClN4O. The van der Waals surface area contributed by atoms with Gasteiger partial charge in [-0.2, -0.15) is 5.10 Å². The smallest absolute Gasteiger partial charge is 0.126 e. The SMILES string of the molecule is COCCCN1CCc2nn(C)c(N)c2C1.Cl.